The molecule has 12 heteroatoms. The van der Waals surface area contributed by atoms with Gasteiger partial charge >= 0.3 is 12.2 Å². The van der Waals surface area contributed by atoms with Gasteiger partial charge in [-0.3, -0.25) is 0 Å². The molecule has 0 saturated heterocycles. The smallest absolute Gasteiger partial charge is 0.406 e. The molecule has 1 fully saturated rings. The van der Waals surface area contributed by atoms with Crippen LogP contribution in [0.2, 0.25) is 0 Å². The number of rotatable bonds is 6. The molecule has 1 aliphatic rings. The zero-order valence-electron chi connectivity index (χ0n) is 19.3. The van der Waals surface area contributed by atoms with E-state index in [-0.39, 0.29) is 17.8 Å². The van der Waals surface area contributed by atoms with Crippen molar-refractivity contribution in [3.8, 4) is 23.1 Å². The van der Waals surface area contributed by atoms with Gasteiger partial charge in [-0.2, -0.15) is 23.3 Å². The van der Waals surface area contributed by atoms with E-state index in [9.17, 15) is 13.2 Å². The van der Waals surface area contributed by atoms with Crippen LogP contribution in [0.1, 0.15) is 29.4 Å². The molecule has 1 aromatic carbocycles. The molecule has 5 aromatic rings. The highest BCUT2D eigenvalue weighted by Gasteiger charge is 2.42. The number of hydrogen-bond acceptors (Lipinski definition) is 7. The van der Waals surface area contributed by atoms with E-state index in [4.69, 9.17) is 9.47 Å². The van der Waals surface area contributed by atoms with E-state index < -0.39 is 12.7 Å². The topological polar surface area (TPSA) is 92.3 Å². The van der Waals surface area contributed by atoms with Crippen LogP contribution in [0.15, 0.2) is 49.2 Å². The van der Waals surface area contributed by atoms with Gasteiger partial charge in [0.15, 0.2) is 5.65 Å². The van der Waals surface area contributed by atoms with Crippen LogP contribution in [0.25, 0.3) is 27.9 Å². The summed E-state index contributed by atoms with van der Waals surface area (Å²) in [5, 5.41) is 4.65. The summed E-state index contributed by atoms with van der Waals surface area (Å²) in [7, 11) is 2.99. The lowest BCUT2D eigenvalue weighted by Gasteiger charge is -2.11. The molecular formula is C24H20F3N7O2. The largest absolute Gasteiger partial charge is 0.480 e. The first-order chi connectivity index (χ1) is 17.3. The summed E-state index contributed by atoms with van der Waals surface area (Å²) in [5.41, 5.74) is 4.89. The van der Waals surface area contributed by atoms with Crippen LogP contribution in [0, 0.1) is 0 Å². The first-order valence-corrected chi connectivity index (χ1v) is 11.2. The average Bonchev–Trinajstić information content (AvgIpc) is 3.35. The maximum absolute atomic E-state index is 13.0. The van der Waals surface area contributed by atoms with Gasteiger partial charge in [0, 0.05) is 24.2 Å². The van der Waals surface area contributed by atoms with Crippen molar-refractivity contribution in [2.24, 2.45) is 0 Å². The maximum Gasteiger partial charge on any atom is 0.406 e. The van der Waals surface area contributed by atoms with Crippen LogP contribution in [0.5, 0.6) is 11.9 Å². The van der Waals surface area contributed by atoms with Crippen LogP contribution in [0.3, 0.4) is 0 Å². The number of hydrogen-bond donors (Lipinski definition) is 0. The number of fused-ring (bicyclic) bond motifs is 2. The van der Waals surface area contributed by atoms with Gasteiger partial charge in [-0.05, 0) is 42.0 Å². The third kappa shape index (κ3) is 3.88. The Balaban J connectivity index is 1.37. The molecule has 0 amide bonds. The molecule has 4 heterocycles. The molecule has 9 nitrogen and oxygen atoms in total. The Labute approximate surface area is 202 Å². The predicted molar refractivity (Wildman–Crippen MR) is 123 cm³/mol. The van der Waals surface area contributed by atoms with Crippen molar-refractivity contribution < 1.29 is 22.6 Å². The summed E-state index contributed by atoms with van der Waals surface area (Å²) < 4.78 is 52.4. The minimum absolute atomic E-state index is 0.123. The van der Waals surface area contributed by atoms with Crippen LogP contribution < -0.4 is 9.47 Å². The van der Waals surface area contributed by atoms with Gasteiger partial charge < -0.3 is 14.0 Å². The lowest BCUT2D eigenvalue weighted by atomic mass is 10.0. The van der Waals surface area contributed by atoms with Gasteiger partial charge in [0.25, 0.3) is 0 Å². The highest BCUT2D eigenvalue weighted by Crippen LogP contribution is 2.56. The SMILES string of the molecule is COc1ncc(-c2cc([C@H]3C[C@@H]3c3ccc4ncn(CC(F)(F)F)c4c3)c3nccn3n2)c(OC)n1. The molecule has 36 heavy (non-hydrogen) atoms. The van der Waals surface area contributed by atoms with E-state index in [1.54, 1.807) is 29.2 Å². The Morgan fingerprint density at radius 2 is 1.92 bits per heavy atom. The molecule has 0 bridgehead atoms. The van der Waals surface area contributed by atoms with E-state index >= 15 is 0 Å². The van der Waals surface area contributed by atoms with Gasteiger partial charge in [0.2, 0.25) is 5.88 Å². The third-order valence-electron chi connectivity index (χ3n) is 6.38. The highest BCUT2D eigenvalue weighted by atomic mass is 19.4. The number of ether oxygens (including phenoxy) is 2. The van der Waals surface area contributed by atoms with E-state index in [0.29, 0.717) is 28.2 Å². The van der Waals surface area contributed by atoms with Gasteiger partial charge in [-0.1, -0.05) is 6.07 Å². The van der Waals surface area contributed by atoms with Crippen LogP contribution in [-0.4, -0.2) is 54.5 Å². The second-order valence-corrected chi connectivity index (χ2v) is 8.64. The number of aromatic nitrogens is 7. The molecular weight excluding hydrogens is 475 g/mol. The molecule has 1 saturated carbocycles. The van der Waals surface area contributed by atoms with Crippen molar-refractivity contribution in [2.45, 2.75) is 31.0 Å². The molecule has 0 aliphatic heterocycles. The van der Waals surface area contributed by atoms with Crippen molar-refractivity contribution >= 4 is 16.7 Å². The highest BCUT2D eigenvalue weighted by molar-refractivity contribution is 5.77. The summed E-state index contributed by atoms with van der Waals surface area (Å²) >= 11 is 0. The quantitative estimate of drug-likeness (QED) is 0.345. The Hall–Kier alpha value is -4.22. The minimum atomic E-state index is -4.32. The molecule has 184 valence electrons. The molecule has 0 N–H and O–H groups in total. The zero-order chi connectivity index (χ0) is 25.0. The van der Waals surface area contributed by atoms with Crippen molar-refractivity contribution in [3.63, 3.8) is 0 Å². The van der Waals surface area contributed by atoms with E-state index in [0.717, 1.165) is 27.8 Å². The molecule has 0 unspecified atom stereocenters. The first kappa shape index (κ1) is 22.3. The van der Waals surface area contributed by atoms with E-state index in [1.807, 2.05) is 18.2 Å². The number of methoxy groups -OCH3 is 2. The molecule has 1 aliphatic carbocycles. The molecule has 4 aromatic heterocycles. The van der Waals surface area contributed by atoms with Crippen molar-refractivity contribution in [3.05, 3.63) is 60.3 Å². The van der Waals surface area contributed by atoms with Gasteiger partial charge in [0.05, 0.1) is 42.8 Å². The molecule has 0 radical (unpaired) electrons. The van der Waals surface area contributed by atoms with Crippen LogP contribution in [0.4, 0.5) is 13.2 Å². The Morgan fingerprint density at radius 3 is 2.69 bits per heavy atom. The Bertz CT molecular complexity index is 1590. The first-order valence-electron chi connectivity index (χ1n) is 11.2. The average molecular weight is 495 g/mol. The lowest BCUT2D eigenvalue weighted by molar-refractivity contribution is -0.139. The van der Waals surface area contributed by atoms with Crippen molar-refractivity contribution in [2.75, 3.05) is 14.2 Å². The maximum atomic E-state index is 13.0. The number of imidazole rings is 2. The Morgan fingerprint density at radius 1 is 1.06 bits per heavy atom. The summed E-state index contributed by atoms with van der Waals surface area (Å²) in [6.07, 6.45) is 2.78. The van der Waals surface area contributed by atoms with Gasteiger partial charge in [-0.15, -0.1) is 0 Å². The fourth-order valence-corrected chi connectivity index (χ4v) is 4.66. The number of alkyl halides is 3. The lowest BCUT2D eigenvalue weighted by Crippen LogP contribution is -2.16. The Kier molecular flexibility index (Phi) is 5.06. The van der Waals surface area contributed by atoms with Gasteiger partial charge in [0.1, 0.15) is 6.54 Å². The fraction of sp³-hybridized carbons (Fsp3) is 0.292. The number of halogens is 3. The molecule has 2 atom stereocenters. The normalized spacial score (nSPS) is 17.6. The van der Waals surface area contributed by atoms with Crippen molar-refractivity contribution in [1.29, 1.82) is 0 Å². The summed E-state index contributed by atoms with van der Waals surface area (Å²) in [4.78, 5) is 17.1. The molecule has 0 spiro atoms. The van der Waals surface area contributed by atoms with Crippen LogP contribution in [-0.2, 0) is 6.54 Å². The standard InChI is InChI=1S/C24H20F3N7O2/c1-35-22-17(10-29-23(31-22)36-2)19-9-16(21-28-5-6-34(21)32-19)15-8-14(15)13-3-4-18-20(7-13)33(12-30-18)11-24(25,26)27/h3-7,9-10,12,14-15H,8,11H2,1-2H3/t14-,15+/m1/s1. The minimum Gasteiger partial charge on any atom is -0.480 e. The zero-order valence-corrected chi connectivity index (χ0v) is 19.3. The molecule has 6 rings (SSSR count). The summed E-state index contributed by atoms with van der Waals surface area (Å²) in [5.74, 6) is 0.585. The predicted octanol–water partition coefficient (Wildman–Crippen LogP) is 4.39. The van der Waals surface area contributed by atoms with Crippen molar-refractivity contribution in [1.82, 2.24) is 34.1 Å². The number of benzene rings is 1. The second kappa shape index (κ2) is 8.18. The third-order valence-corrected chi connectivity index (χ3v) is 6.38. The van der Waals surface area contributed by atoms with Gasteiger partial charge in [-0.25, -0.2) is 19.5 Å². The number of nitrogens with zero attached hydrogens (tertiary/aromatic N) is 7. The summed E-state index contributed by atoms with van der Waals surface area (Å²) in [6.45, 7) is -1.07. The second-order valence-electron chi connectivity index (χ2n) is 8.64. The van der Waals surface area contributed by atoms with Crippen LogP contribution >= 0.6 is 0 Å². The van der Waals surface area contributed by atoms with E-state index in [2.05, 4.69) is 25.0 Å². The van der Waals surface area contributed by atoms with E-state index in [1.165, 1.54) is 20.5 Å². The monoisotopic (exact) mass is 495 g/mol. The summed E-state index contributed by atoms with van der Waals surface area (Å²) in [6, 6.07) is 7.65. The fourth-order valence-electron chi connectivity index (χ4n) is 4.66.